The molecular formula is C7H14N2O4. The van der Waals surface area contributed by atoms with Gasteiger partial charge in [0.15, 0.2) is 12.5 Å². The zero-order chi connectivity index (χ0) is 10.0. The molecule has 2 amide bonds. The van der Waals surface area contributed by atoms with Crippen LogP contribution in [0.2, 0.25) is 0 Å². The quantitative estimate of drug-likeness (QED) is 0.617. The molecule has 0 spiro atoms. The van der Waals surface area contributed by atoms with Crippen molar-refractivity contribution in [3.05, 3.63) is 0 Å². The molecule has 3 unspecified atom stereocenters. The number of amides is 2. The molecule has 1 aliphatic heterocycles. The third-order valence-electron chi connectivity index (χ3n) is 2.02. The zero-order valence-electron chi connectivity index (χ0n) is 7.85. The van der Waals surface area contributed by atoms with Gasteiger partial charge in [-0.2, -0.15) is 0 Å². The van der Waals surface area contributed by atoms with Crippen LogP contribution in [0.3, 0.4) is 0 Å². The second kappa shape index (κ2) is 3.91. The first-order valence-electron chi connectivity index (χ1n) is 3.94. The summed E-state index contributed by atoms with van der Waals surface area (Å²) in [4.78, 5) is 12.5. The fourth-order valence-electron chi connectivity index (χ4n) is 1.27. The van der Waals surface area contributed by atoms with Crippen LogP contribution in [-0.4, -0.2) is 48.9 Å². The Morgan fingerprint density at radius 1 is 1.62 bits per heavy atom. The van der Waals surface area contributed by atoms with Crippen molar-refractivity contribution in [3.63, 3.8) is 0 Å². The number of aliphatic hydroxyl groups is 1. The van der Waals surface area contributed by atoms with Gasteiger partial charge in [-0.25, -0.2) is 4.79 Å². The molecule has 6 nitrogen and oxygen atoms in total. The summed E-state index contributed by atoms with van der Waals surface area (Å²) in [6, 6.07) is -0.395. The molecule has 1 saturated heterocycles. The van der Waals surface area contributed by atoms with E-state index >= 15 is 0 Å². The highest BCUT2D eigenvalue weighted by Gasteiger charge is 2.41. The fourth-order valence-corrected chi connectivity index (χ4v) is 1.27. The molecule has 1 fully saturated rings. The topological polar surface area (TPSA) is 71.0 Å². The van der Waals surface area contributed by atoms with Crippen molar-refractivity contribution in [2.24, 2.45) is 0 Å². The zero-order valence-corrected chi connectivity index (χ0v) is 7.85. The maximum absolute atomic E-state index is 11.2. The fraction of sp³-hybridized carbons (Fsp3) is 0.857. The SMILES string of the molecule is COC(C)N1C(=O)NC(O)C1OC. The summed E-state index contributed by atoms with van der Waals surface area (Å²) >= 11 is 0. The first-order valence-corrected chi connectivity index (χ1v) is 3.94. The third-order valence-corrected chi connectivity index (χ3v) is 2.02. The number of aliphatic hydroxyl groups excluding tert-OH is 1. The Morgan fingerprint density at radius 3 is 2.69 bits per heavy atom. The first-order chi connectivity index (χ1) is 6.11. The van der Waals surface area contributed by atoms with E-state index in [1.165, 1.54) is 19.1 Å². The second-order valence-corrected chi connectivity index (χ2v) is 2.76. The number of rotatable bonds is 3. The molecule has 6 heteroatoms. The van der Waals surface area contributed by atoms with E-state index in [0.29, 0.717) is 0 Å². The molecule has 1 heterocycles. The number of carbonyl (C=O) groups excluding carboxylic acids is 1. The van der Waals surface area contributed by atoms with Crippen LogP contribution in [0, 0.1) is 0 Å². The van der Waals surface area contributed by atoms with Gasteiger partial charge in [-0.3, -0.25) is 4.90 Å². The molecule has 0 bridgehead atoms. The van der Waals surface area contributed by atoms with Crippen molar-refractivity contribution in [3.8, 4) is 0 Å². The molecule has 0 saturated carbocycles. The van der Waals surface area contributed by atoms with E-state index < -0.39 is 24.7 Å². The van der Waals surface area contributed by atoms with Gasteiger partial charge in [-0.05, 0) is 6.92 Å². The predicted octanol–water partition coefficient (Wildman–Crippen LogP) is -0.705. The van der Waals surface area contributed by atoms with Gasteiger partial charge in [0.25, 0.3) is 0 Å². The lowest BCUT2D eigenvalue weighted by Crippen LogP contribution is -2.44. The summed E-state index contributed by atoms with van der Waals surface area (Å²) in [5, 5.41) is 11.6. The van der Waals surface area contributed by atoms with Crippen LogP contribution in [0.4, 0.5) is 4.79 Å². The van der Waals surface area contributed by atoms with E-state index in [4.69, 9.17) is 9.47 Å². The van der Waals surface area contributed by atoms with Crippen molar-refractivity contribution in [2.45, 2.75) is 25.6 Å². The Bertz CT molecular complexity index is 199. The van der Waals surface area contributed by atoms with Crippen LogP contribution in [0.5, 0.6) is 0 Å². The summed E-state index contributed by atoms with van der Waals surface area (Å²) in [7, 11) is 2.90. The molecule has 1 rings (SSSR count). The molecular weight excluding hydrogens is 176 g/mol. The lowest BCUT2D eigenvalue weighted by atomic mass is 10.4. The standard InChI is InChI=1S/C7H14N2O4/c1-4(12-2)9-6(13-3)5(10)8-7(9)11/h4-6,10H,1-3H3,(H,8,11). The van der Waals surface area contributed by atoms with Crippen LogP contribution < -0.4 is 5.32 Å². The van der Waals surface area contributed by atoms with E-state index in [2.05, 4.69) is 5.32 Å². The highest BCUT2D eigenvalue weighted by atomic mass is 16.5. The Labute approximate surface area is 76.4 Å². The van der Waals surface area contributed by atoms with Gasteiger partial charge in [-0.1, -0.05) is 0 Å². The minimum Gasteiger partial charge on any atom is -0.369 e. The molecule has 0 aromatic carbocycles. The summed E-state index contributed by atoms with van der Waals surface area (Å²) in [5.74, 6) is 0. The number of hydrogen-bond donors (Lipinski definition) is 2. The molecule has 0 aromatic heterocycles. The number of carbonyl (C=O) groups is 1. The van der Waals surface area contributed by atoms with Crippen molar-refractivity contribution >= 4 is 6.03 Å². The summed E-state index contributed by atoms with van der Waals surface area (Å²) in [5.41, 5.74) is 0. The molecule has 13 heavy (non-hydrogen) atoms. The Balaban J connectivity index is 2.74. The average Bonchev–Trinajstić information content (AvgIpc) is 2.39. The third kappa shape index (κ3) is 1.74. The number of nitrogens with one attached hydrogen (secondary N) is 1. The molecule has 76 valence electrons. The maximum atomic E-state index is 11.2. The van der Waals surface area contributed by atoms with Crippen LogP contribution in [-0.2, 0) is 9.47 Å². The van der Waals surface area contributed by atoms with E-state index in [9.17, 15) is 9.90 Å². The van der Waals surface area contributed by atoms with E-state index in [1.807, 2.05) is 0 Å². The smallest absolute Gasteiger partial charge is 0.323 e. The maximum Gasteiger partial charge on any atom is 0.323 e. The monoisotopic (exact) mass is 190 g/mol. The molecule has 0 aliphatic carbocycles. The van der Waals surface area contributed by atoms with Crippen LogP contribution in [0.25, 0.3) is 0 Å². The Kier molecular flexibility index (Phi) is 3.07. The van der Waals surface area contributed by atoms with Gasteiger partial charge >= 0.3 is 6.03 Å². The van der Waals surface area contributed by atoms with E-state index in [0.717, 1.165) is 0 Å². The van der Waals surface area contributed by atoms with E-state index in [-0.39, 0.29) is 0 Å². The first kappa shape index (κ1) is 10.2. The minimum absolute atomic E-state index is 0.395. The van der Waals surface area contributed by atoms with Gasteiger partial charge in [0.1, 0.15) is 6.23 Å². The Hall–Kier alpha value is -0.850. The lowest BCUT2D eigenvalue weighted by Gasteiger charge is -2.27. The molecule has 0 radical (unpaired) electrons. The number of ether oxygens (including phenoxy) is 2. The highest BCUT2D eigenvalue weighted by Crippen LogP contribution is 2.16. The van der Waals surface area contributed by atoms with Crippen molar-refractivity contribution in [1.82, 2.24) is 10.2 Å². The molecule has 2 N–H and O–H groups in total. The summed E-state index contributed by atoms with van der Waals surface area (Å²) < 4.78 is 9.90. The second-order valence-electron chi connectivity index (χ2n) is 2.76. The highest BCUT2D eigenvalue weighted by molar-refractivity contribution is 5.77. The number of urea groups is 1. The molecule has 3 atom stereocenters. The predicted molar refractivity (Wildman–Crippen MR) is 43.6 cm³/mol. The van der Waals surface area contributed by atoms with Crippen LogP contribution >= 0.6 is 0 Å². The van der Waals surface area contributed by atoms with Crippen LogP contribution in [0.1, 0.15) is 6.92 Å². The van der Waals surface area contributed by atoms with Gasteiger partial charge < -0.3 is 19.9 Å². The number of hydrogen-bond acceptors (Lipinski definition) is 4. The lowest BCUT2D eigenvalue weighted by molar-refractivity contribution is -0.118. The summed E-state index contributed by atoms with van der Waals surface area (Å²) in [6.07, 6.45) is -2.13. The largest absolute Gasteiger partial charge is 0.369 e. The number of methoxy groups -OCH3 is 2. The normalized spacial score (nSPS) is 30.5. The van der Waals surface area contributed by atoms with Gasteiger partial charge in [0.2, 0.25) is 0 Å². The van der Waals surface area contributed by atoms with Gasteiger partial charge in [-0.15, -0.1) is 0 Å². The van der Waals surface area contributed by atoms with Crippen molar-refractivity contribution in [1.29, 1.82) is 0 Å². The van der Waals surface area contributed by atoms with Crippen LogP contribution in [0.15, 0.2) is 0 Å². The number of nitrogens with zero attached hydrogens (tertiary/aromatic N) is 1. The van der Waals surface area contributed by atoms with Gasteiger partial charge in [0.05, 0.1) is 0 Å². The molecule has 0 aromatic rings. The molecule has 1 aliphatic rings. The van der Waals surface area contributed by atoms with Crippen molar-refractivity contribution < 1.29 is 19.4 Å². The van der Waals surface area contributed by atoms with E-state index in [1.54, 1.807) is 6.92 Å². The van der Waals surface area contributed by atoms with Crippen molar-refractivity contribution in [2.75, 3.05) is 14.2 Å². The Morgan fingerprint density at radius 2 is 2.23 bits per heavy atom. The summed E-state index contributed by atoms with van der Waals surface area (Å²) in [6.45, 7) is 1.70. The van der Waals surface area contributed by atoms with Gasteiger partial charge in [0, 0.05) is 14.2 Å². The average molecular weight is 190 g/mol. The minimum atomic E-state index is -1.00.